The van der Waals surface area contributed by atoms with Gasteiger partial charge < -0.3 is 11.1 Å². The van der Waals surface area contributed by atoms with E-state index in [1.807, 2.05) is 13.0 Å². The first-order valence-electron chi connectivity index (χ1n) is 8.64. The molecule has 8 heteroatoms. The van der Waals surface area contributed by atoms with E-state index in [1.165, 1.54) is 6.20 Å². The number of carbonyl (C=O) groups is 1. The molecule has 3 rings (SSSR count). The van der Waals surface area contributed by atoms with Crippen LogP contribution in [0.25, 0.3) is 21.9 Å². The summed E-state index contributed by atoms with van der Waals surface area (Å²) in [7, 11) is 0. The number of hydrogen-bond acceptors (Lipinski definition) is 5. The number of aromatic nitrogens is 2. The average Bonchev–Trinajstić information content (AvgIpc) is 2.65. The molecule has 1 unspecified atom stereocenters. The van der Waals surface area contributed by atoms with Gasteiger partial charge in [0.2, 0.25) is 0 Å². The summed E-state index contributed by atoms with van der Waals surface area (Å²) in [5, 5.41) is 15.0. The lowest BCUT2D eigenvalue weighted by atomic mass is 9.98. The molecule has 28 heavy (non-hydrogen) atoms. The Bertz CT molecular complexity index is 1090. The number of rotatable bonds is 4. The highest BCUT2D eigenvalue weighted by Gasteiger charge is 2.16. The maximum Gasteiger partial charge on any atom is 0.320 e. The number of anilines is 2. The lowest BCUT2D eigenvalue weighted by Gasteiger charge is -2.13. The molecule has 0 fully saturated rings. The predicted molar refractivity (Wildman–Crippen MR) is 106 cm³/mol. The van der Waals surface area contributed by atoms with Gasteiger partial charge in [0, 0.05) is 41.1 Å². The van der Waals surface area contributed by atoms with E-state index in [4.69, 9.17) is 11.0 Å². The molecular weight excluding hydrogens is 359 g/mol. The van der Waals surface area contributed by atoms with Crippen molar-refractivity contribution in [3.8, 4) is 17.2 Å². The van der Waals surface area contributed by atoms with Gasteiger partial charge >= 0.3 is 6.03 Å². The molecule has 0 radical (unpaired) electrons. The topological polar surface area (TPSA) is 117 Å². The predicted octanol–water partition coefficient (Wildman–Crippen LogP) is 3.75. The molecule has 0 saturated heterocycles. The van der Waals surface area contributed by atoms with Crippen molar-refractivity contribution in [1.82, 2.24) is 15.3 Å². The van der Waals surface area contributed by atoms with Crippen molar-refractivity contribution < 1.29 is 9.18 Å². The molecule has 7 nitrogen and oxygen atoms in total. The molecule has 0 aliphatic heterocycles. The van der Waals surface area contributed by atoms with Crippen LogP contribution in [0, 0.1) is 24.1 Å². The Morgan fingerprint density at radius 1 is 1.36 bits per heavy atom. The van der Waals surface area contributed by atoms with Crippen LogP contribution in [-0.4, -0.2) is 22.0 Å². The fraction of sp³-hybridized carbons (Fsp3) is 0.200. The zero-order valence-electron chi connectivity index (χ0n) is 15.5. The summed E-state index contributed by atoms with van der Waals surface area (Å²) in [4.78, 5) is 20.2. The molecular formula is C20H19FN6O. The van der Waals surface area contributed by atoms with Crippen LogP contribution in [0.4, 0.5) is 20.7 Å². The zero-order valence-corrected chi connectivity index (χ0v) is 15.5. The monoisotopic (exact) mass is 378 g/mol. The molecule has 142 valence electrons. The molecule has 0 aliphatic rings. The first-order chi connectivity index (χ1) is 13.4. The molecule has 0 aliphatic carbocycles. The van der Waals surface area contributed by atoms with Gasteiger partial charge in [-0.3, -0.25) is 10.3 Å². The minimum Gasteiger partial charge on any atom is -0.396 e. The molecule has 3 aromatic rings. The molecule has 2 amide bonds. The van der Waals surface area contributed by atoms with Crippen LogP contribution >= 0.6 is 0 Å². The molecule has 1 aromatic carbocycles. The van der Waals surface area contributed by atoms with Gasteiger partial charge in [-0.1, -0.05) is 0 Å². The Balaban J connectivity index is 1.97. The standard InChI is InChI=1S/C20H19FN6O/c1-11-4-6-24-9-15(11)14-7-13-8-17(25-10-16(13)19(23)18(14)21)27-20(28)26-12(2)3-5-22/h4,6-10,12H,3,23H2,1-2H3,(H2,25,26,27,28). The first-order valence-corrected chi connectivity index (χ1v) is 8.64. The molecule has 4 N–H and O–H groups in total. The number of urea groups is 1. The van der Waals surface area contributed by atoms with Crippen molar-refractivity contribution in [2.45, 2.75) is 26.3 Å². The third kappa shape index (κ3) is 3.83. The zero-order chi connectivity index (χ0) is 20.3. The first kappa shape index (κ1) is 19.0. The number of fused-ring (bicyclic) bond motifs is 1. The number of carbonyl (C=O) groups excluding carboxylic acids is 1. The van der Waals surface area contributed by atoms with Crippen molar-refractivity contribution in [3.63, 3.8) is 0 Å². The minimum absolute atomic E-state index is 0.0121. The number of amides is 2. The number of nitrogens with zero attached hydrogens (tertiary/aromatic N) is 3. The van der Waals surface area contributed by atoms with Crippen LogP contribution < -0.4 is 16.4 Å². The van der Waals surface area contributed by atoms with E-state index in [0.29, 0.717) is 21.9 Å². The van der Waals surface area contributed by atoms with E-state index in [-0.39, 0.29) is 24.0 Å². The van der Waals surface area contributed by atoms with E-state index in [1.54, 1.807) is 37.5 Å². The molecule has 0 spiro atoms. The van der Waals surface area contributed by atoms with Crippen LogP contribution in [0.5, 0.6) is 0 Å². The largest absolute Gasteiger partial charge is 0.396 e. The normalized spacial score (nSPS) is 11.6. The van der Waals surface area contributed by atoms with Gasteiger partial charge in [0.15, 0.2) is 5.82 Å². The summed E-state index contributed by atoms with van der Waals surface area (Å²) >= 11 is 0. The summed E-state index contributed by atoms with van der Waals surface area (Å²) in [6.45, 7) is 3.59. The molecule has 1 atom stereocenters. The number of nitrogen functional groups attached to an aromatic ring is 1. The fourth-order valence-electron chi connectivity index (χ4n) is 2.87. The van der Waals surface area contributed by atoms with Crippen molar-refractivity contribution in [2.24, 2.45) is 0 Å². The van der Waals surface area contributed by atoms with Crippen LogP contribution in [0.1, 0.15) is 18.9 Å². The van der Waals surface area contributed by atoms with Gasteiger partial charge in [0.25, 0.3) is 0 Å². The number of benzene rings is 1. The van der Waals surface area contributed by atoms with Crippen molar-refractivity contribution >= 4 is 28.3 Å². The summed E-state index contributed by atoms with van der Waals surface area (Å²) < 4.78 is 14.8. The van der Waals surface area contributed by atoms with Gasteiger partial charge in [0.1, 0.15) is 5.82 Å². The van der Waals surface area contributed by atoms with Crippen LogP contribution in [0.15, 0.2) is 36.8 Å². The lowest BCUT2D eigenvalue weighted by molar-refractivity contribution is 0.249. The summed E-state index contributed by atoms with van der Waals surface area (Å²) in [6.07, 6.45) is 4.84. The number of nitrogens with two attached hydrogens (primary N) is 1. The SMILES string of the molecule is Cc1ccncc1-c1cc2cc(NC(=O)NC(C)CC#N)ncc2c(N)c1F. The Morgan fingerprint density at radius 3 is 2.86 bits per heavy atom. The summed E-state index contributed by atoms with van der Waals surface area (Å²) in [5.74, 6) is -0.247. The third-order valence-electron chi connectivity index (χ3n) is 4.34. The molecule has 2 heterocycles. The Hall–Kier alpha value is -3.73. The number of pyridine rings is 2. The van der Waals surface area contributed by atoms with Crippen LogP contribution in [-0.2, 0) is 0 Å². The van der Waals surface area contributed by atoms with E-state index >= 15 is 0 Å². The number of nitrogens with one attached hydrogen (secondary N) is 2. The molecule has 0 bridgehead atoms. The minimum atomic E-state index is -0.533. The highest BCUT2D eigenvalue weighted by molar-refractivity contribution is 5.99. The number of nitriles is 1. The Kier molecular flexibility index (Phi) is 5.36. The number of halogens is 1. The highest BCUT2D eigenvalue weighted by Crippen LogP contribution is 2.34. The van der Waals surface area contributed by atoms with Crippen LogP contribution in [0.2, 0.25) is 0 Å². The summed E-state index contributed by atoms with van der Waals surface area (Å²) in [6, 6.07) is 6.29. The maximum atomic E-state index is 14.8. The van der Waals surface area contributed by atoms with E-state index in [9.17, 15) is 9.18 Å². The lowest BCUT2D eigenvalue weighted by Crippen LogP contribution is -2.36. The van der Waals surface area contributed by atoms with Gasteiger partial charge in [-0.2, -0.15) is 5.26 Å². The van der Waals surface area contributed by atoms with E-state index < -0.39 is 11.8 Å². The van der Waals surface area contributed by atoms with Gasteiger partial charge in [-0.05, 0) is 43.0 Å². The summed E-state index contributed by atoms with van der Waals surface area (Å²) in [5.41, 5.74) is 7.82. The smallest absolute Gasteiger partial charge is 0.320 e. The average molecular weight is 378 g/mol. The highest BCUT2D eigenvalue weighted by atomic mass is 19.1. The number of hydrogen-bond donors (Lipinski definition) is 3. The Morgan fingerprint density at radius 2 is 2.14 bits per heavy atom. The molecule has 2 aromatic heterocycles. The molecule has 0 saturated carbocycles. The number of aryl methyl sites for hydroxylation is 1. The quantitative estimate of drug-likeness (QED) is 0.598. The van der Waals surface area contributed by atoms with Crippen molar-refractivity contribution in [1.29, 1.82) is 5.26 Å². The van der Waals surface area contributed by atoms with Crippen LogP contribution in [0.3, 0.4) is 0 Å². The van der Waals surface area contributed by atoms with Crippen molar-refractivity contribution in [2.75, 3.05) is 11.1 Å². The van der Waals surface area contributed by atoms with Gasteiger partial charge in [0.05, 0.1) is 18.2 Å². The fourth-order valence-corrected chi connectivity index (χ4v) is 2.87. The second-order valence-corrected chi connectivity index (χ2v) is 6.49. The Labute approximate surface area is 161 Å². The second kappa shape index (κ2) is 7.88. The van der Waals surface area contributed by atoms with Crippen molar-refractivity contribution in [3.05, 3.63) is 48.2 Å². The van der Waals surface area contributed by atoms with E-state index in [0.717, 1.165) is 5.56 Å². The maximum absolute atomic E-state index is 14.8. The van der Waals surface area contributed by atoms with E-state index in [2.05, 4.69) is 20.6 Å². The second-order valence-electron chi connectivity index (χ2n) is 6.49. The third-order valence-corrected chi connectivity index (χ3v) is 4.34. The van der Waals surface area contributed by atoms with Gasteiger partial charge in [-0.25, -0.2) is 14.2 Å². The van der Waals surface area contributed by atoms with Gasteiger partial charge in [-0.15, -0.1) is 0 Å².